The first-order chi connectivity index (χ1) is 6.83. The van der Waals surface area contributed by atoms with Crippen LogP contribution in [0.1, 0.15) is 33.1 Å². The highest BCUT2D eigenvalue weighted by Gasteiger charge is 1.95. The van der Waals surface area contributed by atoms with Gasteiger partial charge in [0.25, 0.3) is 0 Å². The second-order valence-electron chi connectivity index (χ2n) is 3.35. The molecule has 76 valence electrons. The van der Waals surface area contributed by atoms with E-state index >= 15 is 0 Å². The molecule has 0 bridgehead atoms. The summed E-state index contributed by atoms with van der Waals surface area (Å²) in [5.74, 6) is 0. The van der Waals surface area contributed by atoms with E-state index in [4.69, 9.17) is 0 Å². The number of nitrogens with zero attached hydrogens (tertiary/aromatic N) is 1. The molecule has 0 aromatic carbocycles. The molecule has 0 amide bonds. The summed E-state index contributed by atoms with van der Waals surface area (Å²) in [6.07, 6.45) is 13.8. The van der Waals surface area contributed by atoms with Crippen LogP contribution in [0.5, 0.6) is 0 Å². The van der Waals surface area contributed by atoms with Crippen molar-refractivity contribution >= 4 is 6.21 Å². The Bertz CT molecular complexity index is 283. The molecular formula is C12H18N2. The molecule has 0 aliphatic carbocycles. The first-order valence-corrected chi connectivity index (χ1v) is 5.11. The minimum atomic E-state index is 1.02. The number of hydrogen-bond acceptors (Lipinski definition) is 2. The zero-order valence-electron chi connectivity index (χ0n) is 8.96. The normalized spacial score (nSPS) is 18.7. The summed E-state index contributed by atoms with van der Waals surface area (Å²) < 4.78 is 0. The molecule has 1 aliphatic heterocycles. The zero-order valence-corrected chi connectivity index (χ0v) is 8.96. The lowest BCUT2D eigenvalue weighted by molar-refractivity contribution is 0.858. The van der Waals surface area contributed by atoms with E-state index in [1.807, 2.05) is 19.3 Å². The highest BCUT2D eigenvalue weighted by atomic mass is 14.9. The predicted octanol–water partition coefficient (Wildman–Crippen LogP) is 3.15. The van der Waals surface area contributed by atoms with Crippen molar-refractivity contribution in [2.24, 2.45) is 4.99 Å². The maximum absolute atomic E-state index is 4.22. The number of unbranched alkanes of at least 4 members (excludes halogenated alkanes) is 2. The third kappa shape index (κ3) is 4.08. The van der Waals surface area contributed by atoms with Crippen molar-refractivity contribution in [1.82, 2.24) is 5.32 Å². The van der Waals surface area contributed by atoms with E-state index in [1.54, 1.807) is 0 Å². The molecule has 0 atom stereocenters. The quantitative estimate of drug-likeness (QED) is 0.534. The predicted molar refractivity (Wildman–Crippen MR) is 62.1 cm³/mol. The van der Waals surface area contributed by atoms with Crippen molar-refractivity contribution in [1.29, 1.82) is 0 Å². The number of aliphatic imine (C=N–C) groups is 1. The second-order valence-corrected chi connectivity index (χ2v) is 3.35. The van der Waals surface area contributed by atoms with Crippen molar-refractivity contribution in [2.75, 3.05) is 0 Å². The molecule has 0 radical (unpaired) electrons. The van der Waals surface area contributed by atoms with Crippen LogP contribution in [0.4, 0.5) is 0 Å². The molecule has 0 saturated carbocycles. The summed E-state index contributed by atoms with van der Waals surface area (Å²) in [4.78, 5) is 4.22. The fourth-order valence-electron chi connectivity index (χ4n) is 1.21. The topological polar surface area (TPSA) is 24.4 Å². The van der Waals surface area contributed by atoms with Gasteiger partial charge in [-0.15, -0.1) is 0 Å². The zero-order chi connectivity index (χ0) is 10.2. The maximum atomic E-state index is 4.22. The van der Waals surface area contributed by atoms with Crippen LogP contribution in [0.2, 0.25) is 0 Å². The summed E-state index contributed by atoms with van der Waals surface area (Å²) >= 11 is 0. The van der Waals surface area contributed by atoms with Gasteiger partial charge in [-0.1, -0.05) is 18.2 Å². The molecule has 2 nitrogen and oxygen atoms in total. The van der Waals surface area contributed by atoms with Crippen LogP contribution in [-0.2, 0) is 0 Å². The number of rotatable bonds is 4. The van der Waals surface area contributed by atoms with Gasteiger partial charge in [-0.3, -0.25) is 4.99 Å². The molecule has 1 heterocycles. The van der Waals surface area contributed by atoms with E-state index in [0.29, 0.717) is 0 Å². The van der Waals surface area contributed by atoms with E-state index < -0.39 is 0 Å². The van der Waals surface area contributed by atoms with Gasteiger partial charge in [-0.2, -0.15) is 0 Å². The van der Waals surface area contributed by atoms with E-state index in [2.05, 4.69) is 35.5 Å². The number of allylic oxidation sites excluding steroid dienone is 5. The van der Waals surface area contributed by atoms with Gasteiger partial charge in [0.2, 0.25) is 0 Å². The molecule has 0 aromatic heterocycles. The standard InChI is InChI=1S/C12H18N2/c1-3-4-5-6-7-8-12-10-13-11(2)9-14-12/h3-4,8-10,14H,5-7H2,1-2H3/b4-3-,12-8-. The Balaban J connectivity index is 2.23. The van der Waals surface area contributed by atoms with Crippen LogP contribution in [0.25, 0.3) is 0 Å². The SMILES string of the molecule is C/C=C\CCC/C=C1/C=NC(C)=CN1. The third-order valence-corrected chi connectivity index (χ3v) is 2.03. The Kier molecular flexibility index (Phi) is 4.76. The summed E-state index contributed by atoms with van der Waals surface area (Å²) in [6, 6.07) is 0. The van der Waals surface area contributed by atoms with Crippen molar-refractivity contribution in [3.8, 4) is 0 Å². The molecule has 0 saturated heterocycles. The lowest BCUT2D eigenvalue weighted by Crippen LogP contribution is -2.10. The van der Waals surface area contributed by atoms with Crippen LogP contribution >= 0.6 is 0 Å². The Morgan fingerprint density at radius 3 is 2.93 bits per heavy atom. The van der Waals surface area contributed by atoms with Gasteiger partial charge in [0, 0.05) is 6.20 Å². The van der Waals surface area contributed by atoms with Crippen LogP contribution in [-0.4, -0.2) is 6.21 Å². The molecule has 1 aliphatic rings. The van der Waals surface area contributed by atoms with Crippen LogP contribution in [0.3, 0.4) is 0 Å². The highest BCUT2D eigenvalue weighted by molar-refractivity contribution is 5.79. The third-order valence-electron chi connectivity index (χ3n) is 2.03. The molecule has 2 heteroatoms. The smallest absolute Gasteiger partial charge is 0.0533 e. The molecular weight excluding hydrogens is 172 g/mol. The summed E-state index contributed by atoms with van der Waals surface area (Å²) in [5.41, 5.74) is 2.13. The van der Waals surface area contributed by atoms with Crippen molar-refractivity contribution in [3.63, 3.8) is 0 Å². The Hall–Kier alpha value is -1.31. The van der Waals surface area contributed by atoms with E-state index in [1.165, 1.54) is 6.42 Å². The average molecular weight is 190 g/mol. The maximum Gasteiger partial charge on any atom is 0.0533 e. The molecule has 0 unspecified atom stereocenters. The lowest BCUT2D eigenvalue weighted by atomic mass is 10.2. The second kappa shape index (κ2) is 6.19. The van der Waals surface area contributed by atoms with Gasteiger partial charge in [-0.25, -0.2) is 0 Å². The Morgan fingerprint density at radius 1 is 1.43 bits per heavy atom. The van der Waals surface area contributed by atoms with Crippen LogP contribution in [0.15, 0.2) is 40.8 Å². The minimum Gasteiger partial charge on any atom is -0.359 e. The van der Waals surface area contributed by atoms with Gasteiger partial charge in [0.1, 0.15) is 0 Å². The van der Waals surface area contributed by atoms with E-state index in [0.717, 1.165) is 24.2 Å². The van der Waals surface area contributed by atoms with Crippen molar-refractivity contribution in [3.05, 3.63) is 35.8 Å². The lowest BCUT2D eigenvalue weighted by Gasteiger charge is -2.07. The average Bonchev–Trinajstić information content (AvgIpc) is 2.21. The Labute approximate surface area is 86.1 Å². The van der Waals surface area contributed by atoms with Crippen LogP contribution in [0, 0.1) is 0 Å². The van der Waals surface area contributed by atoms with Gasteiger partial charge in [-0.05, 0) is 33.1 Å². The molecule has 1 N–H and O–H groups in total. The summed E-state index contributed by atoms with van der Waals surface area (Å²) in [5, 5.41) is 3.19. The van der Waals surface area contributed by atoms with Crippen LogP contribution < -0.4 is 5.32 Å². The summed E-state index contributed by atoms with van der Waals surface area (Å²) in [6.45, 7) is 4.04. The molecule has 14 heavy (non-hydrogen) atoms. The monoisotopic (exact) mass is 190 g/mol. The van der Waals surface area contributed by atoms with E-state index in [9.17, 15) is 0 Å². The van der Waals surface area contributed by atoms with Crippen molar-refractivity contribution < 1.29 is 0 Å². The Morgan fingerprint density at radius 2 is 2.29 bits per heavy atom. The van der Waals surface area contributed by atoms with Gasteiger partial charge in [0.05, 0.1) is 17.6 Å². The first-order valence-electron chi connectivity index (χ1n) is 5.11. The fraction of sp³-hybridized carbons (Fsp3) is 0.417. The van der Waals surface area contributed by atoms with E-state index in [-0.39, 0.29) is 0 Å². The number of hydrogen-bond donors (Lipinski definition) is 1. The molecule has 1 rings (SSSR count). The van der Waals surface area contributed by atoms with Gasteiger partial charge in [0.15, 0.2) is 0 Å². The minimum absolute atomic E-state index is 1.02. The van der Waals surface area contributed by atoms with Crippen molar-refractivity contribution in [2.45, 2.75) is 33.1 Å². The fourth-order valence-corrected chi connectivity index (χ4v) is 1.21. The van der Waals surface area contributed by atoms with Gasteiger partial charge >= 0.3 is 0 Å². The largest absolute Gasteiger partial charge is 0.359 e. The molecule has 0 fully saturated rings. The highest BCUT2D eigenvalue weighted by Crippen LogP contribution is 2.04. The summed E-state index contributed by atoms with van der Waals surface area (Å²) in [7, 11) is 0. The van der Waals surface area contributed by atoms with Gasteiger partial charge < -0.3 is 5.32 Å². The molecule has 0 spiro atoms. The molecule has 0 aromatic rings. The number of nitrogens with one attached hydrogen (secondary N) is 1. The first kappa shape index (κ1) is 10.8.